The van der Waals surface area contributed by atoms with Crippen LogP contribution in [0, 0.1) is 0 Å². The molecule has 0 spiro atoms. The fourth-order valence-electron chi connectivity index (χ4n) is 4.63. The zero-order chi connectivity index (χ0) is 20.5. The lowest BCUT2D eigenvalue weighted by molar-refractivity contribution is 0.668. The van der Waals surface area contributed by atoms with Gasteiger partial charge in [-0.25, -0.2) is 0 Å². The Morgan fingerprint density at radius 1 is 0.516 bits per heavy atom. The lowest BCUT2D eigenvalue weighted by atomic mass is 9.99. The zero-order valence-electron chi connectivity index (χ0n) is 16.4. The smallest absolute Gasteiger partial charge is 0.143 e. The van der Waals surface area contributed by atoms with Gasteiger partial charge in [-0.05, 0) is 52.7 Å². The van der Waals surface area contributed by atoms with Gasteiger partial charge in [0.2, 0.25) is 0 Å². The van der Waals surface area contributed by atoms with E-state index in [0.29, 0.717) is 5.02 Å². The molecule has 0 bridgehead atoms. The number of halogens is 1. The monoisotopic (exact) mass is 418 g/mol. The van der Waals surface area contributed by atoms with Gasteiger partial charge in [-0.3, -0.25) is 0 Å². The van der Waals surface area contributed by atoms with Crippen molar-refractivity contribution in [2.24, 2.45) is 0 Å². The molecule has 2 nitrogen and oxygen atoms in total. The Bertz CT molecular complexity index is 1800. The minimum atomic E-state index is 0.673. The van der Waals surface area contributed by atoms with Crippen molar-refractivity contribution in [3.05, 3.63) is 96.0 Å². The number of hydrogen-bond donors (Lipinski definition) is 0. The molecule has 146 valence electrons. The van der Waals surface area contributed by atoms with E-state index in [1.165, 1.54) is 10.8 Å². The van der Waals surface area contributed by atoms with Crippen molar-refractivity contribution >= 4 is 66.3 Å². The van der Waals surface area contributed by atoms with Crippen LogP contribution in [0.2, 0.25) is 5.02 Å². The Kier molecular flexibility index (Phi) is 3.36. The first-order valence-electron chi connectivity index (χ1n) is 10.2. The average molecular weight is 419 g/mol. The third kappa shape index (κ3) is 2.46. The van der Waals surface area contributed by atoms with Gasteiger partial charge in [-0.1, -0.05) is 60.1 Å². The molecule has 7 rings (SSSR count). The molecule has 3 heteroatoms. The van der Waals surface area contributed by atoms with Crippen molar-refractivity contribution in [2.75, 3.05) is 0 Å². The van der Waals surface area contributed by atoms with E-state index in [9.17, 15) is 0 Å². The van der Waals surface area contributed by atoms with Crippen molar-refractivity contribution in [3.8, 4) is 11.1 Å². The number of furan rings is 2. The van der Waals surface area contributed by atoms with Gasteiger partial charge in [0.1, 0.15) is 22.3 Å². The third-order valence-electron chi connectivity index (χ3n) is 6.11. The molecule has 2 aromatic heterocycles. The van der Waals surface area contributed by atoms with E-state index in [4.69, 9.17) is 20.4 Å². The summed E-state index contributed by atoms with van der Waals surface area (Å²) in [6.45, 7) is 0. The fraction of sp³-hybridized carbons (Fsp3) is 0. The molecule has 2 heterocycles. The first kappa shape index (κ1) is 17.0. The molecule has 0 N–H and O–H groups in total. The summed E-state index contributed by atoms with van der Waals surface area (Å²) in [5.41, 5.74) is 5.62. The molecule has 0 fully saturated rings. The van der Waals surface area contributed by atoms with E-state index in [1.54, 1.807) is 0 Å². The molecular formula is C28H15ClO2. The van der Waals surface area contributed by atoms with E-state index in [-0.39, 0.29) is 0 Å². The van der Waals surface area contributed by atoms with Crippen LogP contribution in [0.1, 0.15) is 0 Å². The van der Waals surface area contributed by atoms with Gasteiger partial charge in [0, 0.05) is 38.2 Å². The first-order valence-corrected chi connectivity index (χ1v) is 10.6. The quantitative estimate of drug-likeness (QED) is 0.266. The number of para-hydroxylation sites is 1. The minimum absolute atomic E-state index is 0.673. The summed E-state index contributed by atoms with van der Waals surface area (Å²) >= 11 is 6.18. The highest BCUT2D eigenvalue weighted by Crippen LogP contribution is 2.39. The van der Waals surface area contributed by atoms with E-state index in [0.717, 1.165) is 55.0 Å². The first-order chi connectivity index (χ1) is 15.2. The lowest BCUT2D eigenvalue weighted by Gasteiger charge is -2.03. The maximum Gasteiger partial charge on any atom is 0.143 e. The molecule has 0 saturated heterocycles. The highest BCUT2D eigenvalue weighted by molar-refractivity contribution is 6.31. The summed E-state index contributed by atoms with van der Waals surface area (Å²) in [7, 11) is 0. The zero-order valence-corrected chi connectivity index (χ0v) is 17.1. The maximum atomic E-state index is 6.25. The van der Waals surface area contributed by atoms with Gasteiger partial charge in [0.25, 0.3) is 0 Å². The Balaban J connectivity index is 1.52. The van der Waals surface area contributed by atoms with Crippen molar-refractivity contribution in [2.45, 2.75) is 0 Å². The Morgan fingerprint density at radius 2 is 1.32 bits per heavy atom. The molecule has 0 unspecified atom stereocenters. The van der Waals surface area contributed by atoms with Crippen molar-refractivity contribution in [1.82, 2.24) is 0 Å². The second-order valence-corrected chi connectivity index (χ2v) is 8.37. The predicted molar refractivity (Wildman–Crippen MR) is 129 cm³/mol. The Labute approximate surface area is 182 Å². The number of hydrogen-bond acceptors (Lipinski definition) is 2. The Hall–Kier alpha value is -3.75. The maximum absolute atomic E-state index is 6.25. The average Bonchev–Trinajstić information content (AvgIpc) is 3.34. The van der Waals surface area contributed by atoms with Gasteiger partial charge in [-0.2, -0.15) is 0 Å². The molecule has 0 atom stereocenters. The van der Waals surface area contributed by atoms with Crippen LogP contribution in [0.3, 0.4) is 0 Å². The second kappa shape index (κ2) is 6.13. The van der Waals surface area contributed by atoms with E-state index in [2.05, 4.69) is 66.7 Å². The minimum Gasteiger partial charge on any atom is -0.456 e. The number of benzene rings is 5. The van der Waals surface area contributed by atoms with Crippen molar-refractivity contribution < 1.29 is 8.83 Å². The van der Waals surface area contributed by atoms with Gasteiger partial charge in [0.15, 0.2) is 0 Å². The van der Waals surface area contributed by atoms with Gasteiger partial charge in [0.05, 0.1) is 0 Å². The van der Waals surface area contributed by atoms with Gasteiger partial charge in [-0.15, -0.1) is 0 Å². The summed E-state index contributed by atoms with van der Waals surface area (Å²) in [5.74, 6) is 0. The van der Waals surface area contributed by atoms with Crippen molar-refractivity contribution in [1.29, 1.82) is 0 Å². The summed E-state index contributed by atoms with van der Waals surface area (Å²) in [4.78, 5) is 0. The van der Waals surface area contributed by atoms with Crippen LogP contribution in [-0.2, 0) is 0 Å². The molecule has 31 heavy (non-hydrogen) atoms. The highest BCUT2D eigenvalue weighted by atomic mass is 35.5. The molecule has 5 aromatic carbocycles. The van der Waals surface area contributed by atoms with Crippen LogP contribution in [0.25, 0.3) is 65.8 Å². The second-order valence-electron chi connectivity index (χ2n) is 7.93. The molecule has 0 amide bonds. The topological polar surface area (TPSA) is 26.3 Å². The third-order valence-corrected chi connectivity index (χ3v) is 6.34. The summed E-state index contributed by atoms with van der Waals surface area (Å²) in [6, 6.07) is 31.1. The highest BCUT2D eigenvalue weighted by Gasteiger charge is 2.15. The molecule has 0 aliphatic carbocycles. The SMILES string of the molecule is Clc1ccc2c(c1)oc1c(-c3ccc4oc5cc6ccccc6cc5c4c3)cccc12. The normalized spacial score (nSPS) is 12.0. The molecule has 7 aromatic rings. The van der Waals surface area contributed by atoms with Crippen LogP contribution in [-0.4, -0.2) is 0 Å². The molecular weight excluding hydrogens is 404 g/mol. The van der Waals surface area contributed by atoms with Crippen LogP contribution < -0.4 is 0 Å². The van der Waals surface area contributed by atoms with Crippen LogP contribution in [0.15, 0.2) is 99.8 Å². The van der Waals surface area contributed by atoms with Crippen molar-refractivity contribution in [3.63, 3.8) is 0 Å². The van der Waals surface area contributed by atoms with Crippen LogP contribution in [0.4, 0.5) is 0 Å². The number of rotatable bonds is 1. The molecule has 0 saturated carbocycles. The number of fused-ring (bicyclic) bond motifs is 7. The standard InChI is InChI=1S/C28H15ClO2/c29-19-9-10-21-22-7-3-6-20(28(22)31-27(21)15-19)18-8-11-25-23(13-18)24-12-16-4-1-2-5-17(16)14-26(24)30-25/h1-15H. The molecule has 0 aliphatic rings. The summed E-state index contributed by atoms with van der Waals surface area (Å²) < 4.78 is 12.4. The Morgan fingerprint density at radius 3 is 2.23 bits per heavy atom. The fourth-order valence-corrected chi connectivity index (χ4v) is 4.79. The van der Waals surface area contributed by atoms with Gasteiger partial charge < -0.3 is 8.83 Å². The predicted octanol–water partition coefficient (Wildman–Crippen LogP) is 8.96. The van der Waals surface area contributed by atoms with E-state index in [1.807, 2.05) is 24.3 Å². The van der Waals surface area contributed by atoms with Crippen LogP contribution >= 0.6 is 11.6 Å². The largest absolute Gasteiger partial charge is 0.456 e. The molecule has 0 radical (unpaired) electrons. The summed E-state index contributed by atoms with van der Waals surface area (Å²) in [5, 5.41) is 7.45. The lowest BCUT2D eigenvalue weighted by Crippen LogP contribution is -1.79. The van der Waals surface area contributed by atoms with E-state index >= 15 is 0 Å². The van der Waals surface area contributed by atoms with Gasteiger partial charge >= 0.3 is 0 Å². The summed E-state index contributed by atoms with van der Waals surface area (Å²) in [6.07, 6.45) is 0. The van der Waals surface area contributed by atoms with Crippen LogP contribution in [0.5, 0.6) is 0 Å². The molecule has 0 aliphatic heterocycles. The van der Waals surface area contributed by atoms with E-state index < -0.39 is 0 Å².